The second-order valence-electron chi connectivity index (χ2n) is 7.60. The number of benzene rings is 2. The highest BCUT2D eigenvalue weighted by atomic mass is 35.5. The number of rotatable bonds is 9. The van der Waals surface area contributed by atoms with Crippen LogP contribution in [0.1, 0.15) is 38.8 Å². The minimum absolute atomic E-state index is 0.0975. The number of nitrogens with one attached hydrogen (secondary N) is 1. The summed E-state index contributed by atoms with van der Waals surface area (Å²) in [5, 5.41) is 4.15. The van der Waals surface area contributed by atoms with Crippen molar-refractivity contribution in [3.8, 4) is 17.2 Å². The van der Waals surface area contributed by atoms with Crippen molar-refractivity contribution in [3.05, 3.63) is 52.5 Å². The summed E-state index contributed by atoms with van der Waals surface area (Å²) >= 11 is 6.38. The molecule has 0 saturated carbocycles. The molecule has 0 radical (unpaired) electrons. The minimum Gasteiger partial charge on any atom is -0.490 e. The first-order valence-corrected chi connectivity index (χ1v) is 10.3. The Morgan fingerprint density at radius 1 is 1.10 bits per heavy atom. The van der Waals surface area contributed by atoms with E-state index in [0.29, 0.717) is 35.3 Å². The molecule has 0 aliphatic rings. The van der Waals surface area contributed by atoms with E-state index in [1.165, 1.54) is 18.9 Å². The Morgan fingerprint density at radius 3 is 2.39 bits per heavy atom. The number of ether oxygens (including phenoxy) is 4. The van der Waals surface area contributed by atoms with Gasteiger partial charge in [0.1, 0.15) is 19.0 Å². The molecule has 31 heavy (non-hydrogen) atoms. The quantitative estimate of drug-likeness (QED) is 0.324. The van der Waals surface area contributed by atoms with Gasteiger partial charge in [0.2, 0.25) is 0 Å². The van der Waals surface area contributed by atoms with Gasteiger partial charge in [0.05, 0.1) is 25.0 Å². The number of carbonyl (C=O) groups excluding carboxylic acids is 1. The highest BCUT2D eigenvalue weighted by Crippen LogP contribution is 2.36. The third-order valence-electron chi connectivity index (χ3n) is 4.21. The van der Waals surface area contributed by atoms with Crippen LogP contribution in [0.15, 0.2) is 41.5 Å². The molecule has 0 atom stereocenters. The largest absolute Gasteiger partial charge is 0.490 e. The molecule has 0 saturated heterocycles. The highest BCUT2D eigenvalue weighted by Gasteiger charge is 2.14. The minimum atomic E-state index is -0.666. The number of hydrazone groups is 1. The number of halogens is 1. The molecular formula is C23H29ClN2O5. The van der Waals surface area contributed by atoms with E-state index in [2.05, 4.69) is 48.2 Å². The van der Waals surface area contributed by atoms with Crippen molar-refractivity contribution >= 4 is 23.9 Å². The molecule has 2 aromatic carbocycles. The third-order valence-corrected chi connectivity index (χ3v) is 4.49. The summed E-state index contributed by atoms with van der Waals surface area (Å²) in [6.45, 7) is 9.45. The molecule has 2 aromatic rings. The lowest BCUT2D eigenvalue weighted by atomic mass is 9.87. The number of methoxy groups -OCH3 is 1. The Kier molecular flexibility index (Phi) is 9.00. The summed E-state index contributed by atoms with van der Waals surface area (Å²) in [6.07, 6.45) is 0.764. The van der Waals surface area contributed by atoms with Crippen LogP contribution in [0.4, 0.5) is 4.79 Å². The maximum atomic E-state index is 11.1. The third kappa shape index (κ3) is 7.68. The molecule has 0 heterocycles. The van der Waals surface area contributed by atoms with Gasteiger partial charge in [-0.25, -0.2) is 10.2 Å². The van der Waals surface area contributed by atoms with Gasteiger partial charge in [-0.15, -0.1) is 0 Å². The summed E-state index contributed by atoms with van der Waals surface area (Å²) in [5.74, 6) is 1.68. The summed E-state index contributed by atoms with van der Waals surface area (Å²) in [5.41, 5.74) is 4.19. The first-order valence-electron chi connectivity index (χ1n) is 9.94. The molecule has 0 spiro atoms. The van der Waals surface area contributed by atoms with Crippen LogP contribution in [-0.4, -0.2) is 39.2 Å². The van der Waals surface area contributed by atoms with E-state index < -0.39 is 6.09 Å². The molecule has 2 rings (SSSR count). The van der Waals surface area contributed by atoms with E-state index >= 15 is 0 Å². The van der Waals surface area contributed by atoms with Crippen molar-refractivity contribution in [2.75, 3.05) is 26.9 Å². The van der Waals surface area contributed by atoms with E-state index in [-0.39, 0.29) is 12.0 Å². The Bertz CT molecular complexity index is 892. The average Bonchev–Trinajstić information content (AvgIpc) is 2.72. The van der Waals surface area contributed by atoms with Gasteiger partial charge in [-0.2, -0.15) is 5.10 Å². The molecule has 1 amide bonds. The number of hydrogen-bond acceptors (Lipinski definition) is 6. The molecule has 1 N–H and O–H groups in total. The van der Waals surface area contributed by atoms with E-state index in [4.69, 9.17) is 25.8 Å². The SMILES string of the molecule is CCOc1cc(/C=N/NC(=O)OC)cc(Cl)c1OCCOc1ccc(C(C)(C)C)cc1. The average molecular weight is 449 g/mol. The summed E-state index contributed by atoms with van der Waals surface area (Å²) in [7, 11) is 1.26. The van der Waals surface area contributed by atoms with Crippen LogP contribution in [0, 0.1) is 0 Å². The molecule has 7 nitrogen and oxygen atoms in total. The summed E-state index contributed by atoms with van der Waals surface area (Å²) in [6, 6.07) is 11.4. The van der Waals surface area contributed by atoms with Crippen molar-refractivity contribution in [2.24, 2.45) is 5.10 Å². The zero-order valence-corrected chi connectivity index (χ0v) is 19.3. The number of carbonyl (C=O) groups is 1. The molecule has 0 unspecified atom stereocenters. The summed E-state index contributed by atoms with van der Waals surface area (Å²) in [4.78, 5) is 11.1. The van der Waals surface area contributed by atoms with Crippen LogP contribution >= 0.6 is 11.6 Å². The van der Waals surface area contributed by atoms with Crippen LogP contribution in [-0.2, 0) is 10.2 Å². The van der Waals surface area contributed by atoms with Crippen molar-refractivity contribution in [2.45, 2.75) is 33.1 Å². The zero-order valence-electron chi connectivity index (χ0n) is 18.5. The second-order valence-corrected chi connectivity index (χ2v) is 8.00. The first kappa shape index (κ1) is 24.3. The molecule has 0 aliphatic heterocycles. The maximum Gasteiger partial charge on any atom is 0.427 e. The van der Waals surface area contributed by atoms with Gasteiger partial charge >= 0.3 is 6.09 Å². The highest BCUT2D eigenvalue weighted by molar-refractivity contribution is 6.32. The first-order chi connectivity index (χ1) is 14.7. The molecule has 0 fully saturated rings. The monoisotopic (exact) mass is 448 g/mol. The van der Waals surface area contributed by atoms with Gasteiger partial charge in [0, 0.05) is 0 Å². The van der Waals surface area contributed by atoms with Crippen LogP contribution < -0.4 is 19.6 Å². The fourth-order valence-corrected chi connectivity index (χ4v) is 2.90. The van der Waals surface area contributed by atoms with E-state index in [1.807, 2.05) is 19.1 Å². The molecule has 0 aliphatic carbocycles. The fraction of sp³-hybridized carbons (Fsp3) is 0.391. The molecule has 0 bridgehead atoms. The van der Waals surface area contributed by atoms with Gasteiger partial charge in [0.15, 0.2) is 11.5 Å². The van der Waals surface area contributed by atoms with Crippen molar-refractivity contribution in [3.63, 3.8) is 0 Å². The Labute approximate surface area is 188 Å². The Balaban J connectivity index is 1.98. The topological polar surface area (TPSA) is 78.4 Å². The van der Waals surface area contributed by atoms with Crippen LogP contribution in [0.25, 0.3) is 0 Å². The van der Waals surface area contributed by atoms with Gasteiger partial charge in [-0.05, 0) is 47.7 Å². The maximum absolute atomic E-state index is 11.1. The molecular weight excluding hydrogens is 420 g/mol. The standard InChI is InChI=1S/C23H29ClN2O5/c1-6-29-20-14-16(15-25-26-22(27)28-5)13-19(24)21(20)31-12-11-30-18-9-7-17(8-10-18)23(2,3)4/h7-10,13-15H,6,11-12H2,1-5H3,(H,26,27)/b25-15+. The van der Waals surface area contributed by atoms with Gasteiger partial charge in [-0.3, -0.25) is 0 Å². The smallest absolute Gasteiger partial charge is 0.427 e. The van der Waals surface area contributed by atoms with Crippen LogP contribution in [0.2, 0.25) is 5.02 Å². The number of hydrogen-bond donors (Lipinski definition) is 1. The van der Waals surface area contributed by atoms with E-state index in [1.54, 1.807) is 12.1 Å². The van der Waals surface area contributed by atoms with E-state index in [9.17, 15) is 4.79 Å². The van der Waals surface area contributed by atoms with Crippen LogP contribution in [0.5, 0.6) is 17.2 Å². The normalized spacial score (nSPS) is 11.3. The van der Waals surface area contributed by atoms with Gasteiger partial charge < -0.3 is 18.9 Å². The zero-order chi connectivity index (χ0) is 22.9. The van der Waals surface area contributed by atoms with Crippen molar-refractivity contribution in [1.82, 2.24) is 5.43 Å². The lowest BCUT2D eigenvalue weighted by molar-refractivity contribution is 0.171. The Morgan fingerprint density at radius 2 is 1.77 bits per heavy atom. The lowest BCUT2D eigenvalue weighted by Crippen LogP contribution is -2.16. The van der Waals surface area contributed by atoms with Crippen molar-refractivity contribution in [1.29, 1.82) is 0 Å². The predicted octanol–water partition coefficient (Wildman–Crippen LogP) is 5.18. The predicted molar refractivity (Wildman–Crippen MR) is 122 cm³/mol. The molecule has 8 heteroatoms. The molecule has 0 aromatic heterocycles. The molecule has 168 valence electrons. The lowest BCUT2D eigenvalue weighted by Gasteiger charge is -2.19. The number of nitrogens with zero attached hydrogens (tertiary/aromatic N) is 1. The second kappa shape index (κ2) is 11.5. The van der Waals surface area contributed by atoms with Gasteiger partial charge in [-0.1, -0.05) is 44.5 Å². The Hall–Kier alpha value is -2.93. The number of amides is 1. The van der Waals surface area contributed by atoms with E-state index in [0.717, 1.165) is 5.75 Å². The fourth-order valence-electron chi connectivity index (χ4n) is 2.63. The van der Waals surface area contributed by atoms with Gasteiger partial charge in [0.25, 0.3) is 0 Å². The van der Waals surface area contributed by atoms with Crippen LogP contribution in [0.3, 0.4) is 0 Å². The summed E-state index contributed by atoms with van der Waals surface area (Å²) < 4.78 is 21.7. The van der Waals surface area contributed by atoms with Crippen molar-refractivity contribution < 1.29 is 23.7 Å².